The molecule has 1 amide bonds. The molecule has 1 heterocycles. The molecule has 82 valence electrons. The van der Waals surface area contributed by atoms with Gasteiger partial charge in [-0.15, -0.1) is 0 Å². The SMILES string of the molecule is CNC(=O)CCNc1ccc(C(=O)O)o1. The number of aromatic carboxylic acids is 1. The van der Waals surface area contributed by atoms with Gasteiger partial charge in [0.15, 0.2) is 5.88 Å². The molecule has 1 aromatic rings. The normalized spacial score (nSPS) is 9.67. The molecule has 0 aromatic carbocycles. The molecule has 0 saturated heterocycles. The Balaban J connectivity index is 2.38. The zero-order chi connectivity index (χ0) is 11.3. The highest BCUT2D eigenvalue weighted by molar-refractivity contribution is 5.84. The van der Waals surface area contributed by atoms with Gasteiger partial charge in [-0.25, -0.2) is 4.79 Å². The van der Waals surface area contributed by atoms with Crippen molar-refractivity contribution in [2.24, 2.45) is 0 Å². The Morgan fingerprint density at radius 1 is 1.47 bits per heavy atom. The van der Waals surface area contributed by atoms with Crippen molar-refractivity contribution in [1.29, 1.82) is 0 Å². The number of amides is 1. The summed E-state index contributed by atoms with van der Waals surface area (Å²) in [6.07, 6.45) is 0.305. The van der Waals surface area contributed by atoms with Gasteiger partial charge in [0.05, 0.1) is 0 Å². The smallest absolute Gasteiger partial charge is 0.371 e. The van der Waals surface area contributed by atoms with Gasteiger partial charge in [-0.05, 0) is 6.07 Å². The lowest BCUT2D eigenvalue weighted by Gasteiger charge is -2.01. The van der Waals surface area contributed by atoms with Crippen molar-refractivity contribution in [2.45, 2.75) is 6.42 Å². The molecule has 3 N–H and O–H groups in total. The second-order valence-corrected chi connectivity index (χ2v) is 2.82. The molecule has 1 aromatic heterocycles. The summed E-state index contributed by atoms with van der Waals surface area (Å²) in [4.78, 5) is 21.3. The van der Waals surface area contributed by atoms with Crippen LogP contribution in [0, 0.1) is 0 Å². The second-order valence-electron chi connectivity index (χ2n) is 2.82. The van der Waals surface area contributed by atoms with Gasteiger partial charge in [0.1, 0.15) is 0 Å². The summed E-state index contributed by atoms with van der Waals surface area (Å²) < 4.78 is 4.92. The van der Waals surface area contributed by atoms with Gasteiger partial charge in [-0.2, -0.15) is 0 Å². The van der Waals surface area contributed by atoms with E-state index in [0.29, 0.717) is 18.8 Å². The molecular formula is C9H12N2O4. The largest absolute Gasteiger partial charge is 0.475 e. The van der Waals surface area contributed by atoms with Crippen molar-refractivity contribution in [3.8, 4) is 0 Å². The summed E-state index contributed by atoms with van der Waals surface area (Å²) in [6, 6.07) is 2.86. The summed E-state index contributed by atoms with van der Waals surface area (Å²) in [7, 11) is 1.55. The molecule has 1 rings (SSSR count). The zero-order valence-corrected chi connectivity index (χ0v) is 8.24. The molecule has 0 aliphatic heterocycles. The molecular weight excluding hydrogens is 200 g/mol. The van der Waals surface area contributed by atoms with E-state index in [-0.39, 0.29) is 11.7 Å². The number of anilines is 1. The highest BCUT2D eigenvalue weighted by Gasteiger charge is 2.08. The number of hydrogen-bond donors (Lipinski definition) is 3. The van der Waals surface area contributed by atoms with E-state index in [1.54, 1.807) is 7.05 Å². The number of carbonyl (C=O) groups is 2. The number of furan rings is 1. The number of carboxylic acid groups (broad SMARTS) is 1. The minimum absolute atomic E-state index is 0.0903. The van der Waals surface area contributed by atoms with Crippen LogP contribution in [0.1, 0.15) is 17.0 Å². The summed E-state index contributed by atoms with van der Waals surface area (Å²) >= 11 is 0. The van der Waals surface area contributed by atoms with E-state index in [1.165, 1.54) is 12.1 Å². The first-order valence-electron chi connectivity index (χ1n) is 4.41. The van der Waals surface area contributed by atoms with Crippen LogP contribution in [0.5, 0.6) is 0 Å². The fraction of sp³-hybridized carbons (Fsp3) is 0.333. The summed E-state index contributed by atoms with van der Waals surface area (Å²) in [5.74, 6) is -0.990. The third-order valence-electron chi connectivity index (χ3n) is 1.75. The van der Waals surface area contributed by atoms with Crippen LogP contribution in [0.3, 0.4) is 0 Å². The molecule has 0 atom stereocenters. The van der Waals surface area contributed by atoms with Gasteiger partial charge in [0.2, 0.25) is 11.7 Å². The Kier molecular flexibility index (Phi) is 3.73. The third-order valence-corrected chi connectivity index (χ3v) is 1.75. The van der Waals surface area contributed by atoms with Gasteiger partial charge < -0.3 is 20.2 Å². The molecule has 6 nitrogen and oxygen atoms in total. The van der Waals surface area contributed by atoms with E-state index in [1.807, 2.05) is 0 Å². The van der Waals surface area contributed by atoms with Gasteiger partial charge in [-0.1, -0.05) is 0 Å². The molecule has 6 heteroatoms. The molecule has 0 unspecified atom stereocenters. The average Bonchev–Trinajstić information content (AvgIpc) is 2.66. The Bertz CT molecular complexity index is 359. The number of hydrogen-bond acceptors (Lipinski definition) is 4. The standard InChI is InChI=1S/C9H12N2O4/c1-10-7(12)4-5-11-8-3-2-6(15-8)9(13)14/h2-3,11H,4-5H2,1H3,(H,10,12)(H,13,14). The summed E-state index contributed by atoms with van der Waals surface area (Å²) in [5, 5.41) is 13.8. The quantitative estimate of drug-likeness (QED) is 0.662. The Morgan fingerprint density at radius 3 is 2.73 bits per heavy atom. The average molecular weight is 212 g/mol. The van der Waals surface area contributed by atoms with Gasteiger partial charge in [-0.3, -0.25) is 4.79 Å². The molecule has 0 spiro atoms. The zero-order valence-electron chi connectivity index (χ0n) is 8.24. The minimum Gasteiger partial charge on any atom is -0.475 e. The maximum atomic E-state index is 10.8. The van der Waals surface area contributed by atoms with Crippen LogP contribution in [-0.2, 0) is 4.79 Å². The van der Waals surface area contributed by atoms with Crippen molar-refractivity contribution in [1.82, 2.24) is 5.32 Å². The number of carbonyl (C=O) groups excluding carboxylic acids is 1. The van der Waals surface area contributed by atoms with Crippen molar-refractivity contribution in [2.75, 3.05) is 18.9 Å². The van der Waals surface area contributed by atoms with Crippen LogP contribution in [0.2, 0.25) is 0 Å². The topological polar surface area (TPSA) is 91.6 Å². The molecule has 0 saturated carbocycles. The Hall–Kier alpha value is -1.98. The fourth-order valence-electron chi connectivity index (χ4n) is 0.972. The van der Waals surface area contributed by atoms with Crippen LogP contribution in [0.15, 0.2) is 16.5 Å². The van der Waals surface area contributed by atoms with Crippen LogP contribution in [-0.4, -0.2) is 30.6 Å². The number of nitrogens with one attached hydrogen (secondary N) is 2. The lowest BCUT2D eigenvalue weighted by Crippen LogP contribution is -2.20. The van der Waals surface area contributed by atoms with E-state index < -0.39 is 5.97 Å². The van der Waals surface area contributed by atoms with Crippen molar-refractivity contribution >= 4 is 17.8 Å². The van der Waals surface area contributed by atoms with Crippen LogP contribution >= 0.6 is 0 Å². The van der Waals surface area contributed by atoms with E-state index in [4.69, 9.17) is 9.52 Å². The van der Waals surface area contributed by atoms with E-state index in [0.717, 1.165) is 0 Å². The van der Waals surface area contributed by atoms with Gasteiger partial charge in [0, 0.05) is 26.1 Å². The van der Waals surface area contributed by atoms with E-state index in [2.05, 4.69) is 10.6 Å². The highest BCUT2D eigenvalue weighted by atomic mass is 16.4. The summed E-state index contributed by atoms with van der Waals surface area (Å²) in [5.41, 5.74) is 0. The van der Waals surface area contributed by atoms with Crippen LogP contribution in [0.25, 0.3) is 0 Å². The lowest BCUT2D eigenvalue weighted by molar-refractivity contribution is -0.120. The molecule has 0 bridgehead atoms. The predicted molar refractivity (Wildman–Crippen MR) is 52.8 cm³/mol. The van der Waals surface area contributed by atoms with Crippen molar-refractivity contribution in [3.63, 3.8) is 0 Å². The monoisotopic (exact) mass is 212 g/mol. The first-order valence-corrected chi connectivity index (χ1v) is 4.41. The molecule has 0 radical (unpaired) electrons. The Morgan fingerprint density at radius 2 is 2.20 bits per heavy atom. The number of carboxylic acids is 1. The van der Waals surface area contributed by atoms with Crippen LogP contribution < -0.4 is 10.6 Å². The third kappa shape index (κ3) is 3.34. The fourth-order valence-corrected chi connectivity index (χ4v) is 0.972. The first kappa shape index (κ1) is 11.1. The van der Waals surface area contributed by atoms with Gasteiger partial charge >= 0.3 is 5.97 Å². The maximum absolute atomic E-state index is 10.8. The summed E-state index contributed by atoms with van der Waals surface area (Å²) in [6.45, 7) is 0.395. The molecule has 15 heavy (non-hydrogen) atoms. The van der Waals surface area contributed by atoms with Crippen molar-refractivity contribution < 1.29 is 19.1 Å². The van der Waals surface area contributed by atoms with E-state index >= 15 is 0 Å². The van der Waals surface area contributed by atoms with Gasteiger partial charge in [0.25, 0.3) is 0 Å². The first-order chi connectivity index (χ1) is 7.13. The van der Waals surface area contributed by atoms with Crippen molar-refractivity contribution in [3.05, 3.63) is 17.9 Å². The Labute approximate surface area is 86.3 Å². The number of rotatable bonds is 5. The second kappa shape index (κ2) is 5.04. The predicted octanol–water partition coefficient (Wildman–Crippen LogP) is 0.526. The van der Waals surface area contributed by atoms with Crippen LogP contribution in [0.4, 0.5) is 5.88 Å². The molecule has 0 fully saturated rings. The molecule has 0 aliphatic rings. The minimum atomic E-state index is -1.12. The maximum Gasteiger partial charge on any atom is 0.371 e. The van der Waals surface area contributed by atoms with E-state index in [9.17, 15) is 9.59 Å². The highest BCUT2D eigenvalue weighted by Crippen LogP contribution is 2.12. The molecule has 0 aliphatic carbocycles. The lowest BCUT2D eigenvalue weighted by atomic mass is 10.4.